The van der Waals surface area contributed by atoms with E-state index in [1.54, 1.807) is 24.3 Å². The zero-order valence-corrected chi connectivity index (χ0v) is 6.68. The molecule has 0 aliphatic carbocycles. The number of nitrogens with two attached hydrogens (primary N) is 1. The van der Waals surface area contributed by atoms with Crippen molar-refractivity contribution in [2.75, 3.05) is 0 Å². The molecule has 60 valence electrons. The predicted octanol–water partition coefficient (Wildman–Crippen LogP) is 2.14. The first-order chi connectivity index (χ1) is 5.18. The van der Waals surface area contributed by atoms with E-state index in [4.69, 9.17) is 17.3 Å². The average Bonchev–Trinajstić information content (AvgIpc) is 1.85. The van der Waals surface area contributed by atoms with Crippen molar-refractivity contribution in [1.82, 2.24) is 0 Å². The van der Waals surface area contributed by atoms with E-state index in [0.29, 0.717) is 5.02 Å². The number of alkyl halides is 1. The van der Waals surface area contributed by atoms with Crippen LogP contribution in [0, 0.1) is 0 Å². The van der Waals surface area contributed by atoms with Crippen molar-refractivity contribution in [1.29, 1.82) is 0 Å². The molecule has 1 aromatic carbocycles. The van der Waals surface area contributed by atoms with Crippen LogP contribution in [0.3, 0.4) is 0 Å². The lowest BCUT2D eigenvalue weighted by Crippen LogP contribution is -2.15. The minimum absolute atomic E-state index is 0.223. The minimum Gasteiger partial charge on any atom is -0.301 e. The van der Waals surface area contributed by atoms with Crippen molar-refractivity contribution in [3.63, 3.8) is 0 Å². The van der Waals surface area contributed by atoms with Crippen molar-refractivity contribution in [2.24, 2.45) is 5.73 Å². The van der Waals surface area contributed by atoms with Gasteiger partial charge in [0.05, 0.1) is 0 Å². The number of benzene rings is 1. The molecular formula is C8H9ClFN. The predicted molar refractivity (Wildman–Crippen MR) is 44.2 cm³/mol. The molecule has 0 saturated carbocycles. The van der Waals surface area contributed by atoms with Crippen LogP contribution in [0.4, 0.5) is 4.39 Å². The Morgan fingerprint density at radius 3 is 2.82 bits per heavy atom. The first-order valence-corrected chi connectivity index (χ1v) is 3.70. The van der Waals surface area contributed by atoms with E-state index in [9.17, 15) is 4.39 Å². The molecule has 1 rings (SSSR count). The molecule has 0 aromatic heterocycles. The van der Waals surface area contributed by atoms with Crippen LogP contribution in [0.5, 0.6) is 0 Å². The normalized spacial score (nSPS) is 13.0. The maximum absolute atomic E-state index is 12.3. The smallest absolute Gasteiger partial charge is 0.152 e. The van der Waals surface area contributed by atoms with E-state index in [-0.39, 0.29) is 6.42 Å². The van der Waals surface area contributed by atoms with Gasteiger partial charge in [-0.25, -0.2) is 4.39 Å². The maximum Gasteiger partial charge on any atom is 0.152 e. The second-order valence-corrected chi connectivity index (χ2v) is 2.79. The summed E-state index contributed by atoms with van der Waals surface area (Å²) in [7, 11) is 0. The van der Waals surface area contributed by atoms with Crippen LogP contribution in [-0.4, -0.2) is 6.30 Å². The summed E-state index contributed by atoms with van der Waals surface area (Å²) in [4.78, 5) is 0. The molecule has 0 saturated heterocycles. The van der Waals surface area contributed by atoms with Crippen molar-refractivity contribution in [3.8, 4) is 0 Å². The Labute approximate surface area is 70.0 Å². The van der Waals surface area contributed by atoms with Crippen molar-refractivity contribution < 1.29 is 4.39 Å². The standard InChI is InChI=1S/C8H9ClFN/c9-7-3-1-2-6(4-7)5-8(10)11/h1-4,8H,5,11H2. The van der Waals surface area contributed by atoms with E-state index < -0.39 is 6.30 Å². The van der Waals surface area contributed by atoms with Gasteiger partial charge < -0.3 is 5.73 Å². The SMILES string of the molecule is NC(F)Cc1cccc(Cl)c1. The van der Waals surface area contributed by atoms with Gasteiger partial charge in [-0.2, -0.15) is 0 Å². The van der Waals surface area contributed by atoms with Gasteiger partial charge >= 0.3 is 0 Å². The van der Waals surface area contributed by atoms with Gasteiger partial charge in [-0.3, -0.25) is 0 Å². The molecule has 3 heteroatoms. The lowest BCUT2D eigenvalue weighted by atomic mass is 10.1. The summed E-state index contributed by atoms with van der Waals surface area (Å²) in [6.45, 7) is 0. The Morgan fingerprint density at radius 2 is 2.27 bits per heavy atom. The van der Waals surface area contributed by atoms with Crippen LogP contribution in [0.25, 0.3) is 0 Å². The van der Waals surface area contributed by atoms with Crippen LogP contribution in [0.2, 0.25) is 5.02 Å². The summed E-state index contributed by atoms with van der Waals surface area (Å²) >= 11 is 5.67. The van der Waals surface area contributed by atoms with Crippen LogP contribution in [0.1, 0.15) is 5.56 Å². The third-order valence-electron chi connectivity index (χ3n) is 1.32. The highest BCUT2D eigenvalue weighted by Crippen LogP contribution is 2.11. The van der Waals surface area contributed by atoms with E-state index in [0.717, 1.165) is 5.56 Å². The molecule has 0 fully saturated rings. The summed E-state index contributed by atoms with van der Waals surface area (Å²) in [6, 6.07) is 7.03. The van der Waals surface area contributed by atoms with E-state index >= 15 is 0 Å². The van der Waals surface area contributed by atoms with Gasteiger partial charge in [0, 0.05) is 11.4 Å². The Morgan fingerprint density at radius 1 is 1.55 bits per heavy atom. The van der Waals surface area contributed by atoms with Gasteiger partial charge in [0.1, 0.15) is 0 Å². The highest BCUT2D eigenvalue weighted by atomic mass is 35.5. The quantitative estimate of drug-likeness (QED) is 0.682. The van der Waals surface area contributed by atoms with Gasteiger partial charge in [-0.15, -0.1) is 0 Å². The molecule has 0 spiro atoms. The van der Waals surface area contributed by atoms with Gasteiger partial charge in [-0.05, 0) is 17.7 Å². The van der Waals surface area contributed by atoms with Crippen molar-refractivity contribution in [3.05, 3.63) is 34.9 Å². The molecule has 1 aromatic rings. The molecule has 0 bridgehead atoms. The van der Waals surface area contributed by atoms with Gasteiger partial charge in [0.15, 0.2) is 6.30 Å². The van der Waals surface area contributed by atoms with Crippen LogP contribution in [0.15, 0.2) is 24.3 Å². The fourth-order valence-corrected chi connectivity index (χ4v) is 1.10. The van der Waals surface area contributed by atoms with Crippen LogP contribution >= 0.6 is 11.6 Å². The Bertz CT molecular complexity index is 237. The van der Waals surface area contributed by atoms with Crippen molar-refractivity contribution >= 4 is 11.6 Å². The molecule has 1 atom stereocenters. The van der Waals surface area contributed by atoms with E-state index in [2.05, 4.69) is 0 Å². The highest BCUT2D eigenvalue weighted by Gasteiger charge is 2.00. The van der Waals surface area contributed by atoms with Crippen LogP contribution < -0.4 is 5.73 Å². The number of hydrogen-bond donors (Lipinski definition) is 1. The number of rotatable bonds is 2. The lowest BCUT2D eigenvalue weighted by molar-refractivity contribution is 0.343. The molecule has 0 heterocycles. The highest BCUT2D eigenvalue weighted by molar-refractivity contribution is 6.30. The topological polar surface area (TPSA) is 26.0 Å². The molecule has 1 unspecified atom stereocenters. The fraction of sp³-hybridized carbons (Fsp3) is 0.250. The molecule has 0 amide bonds. The average molecular weight is 174 g/mol. The second-order valence-electron chi connectivity index (χ2n) is 2.35. The number of halogens is 2. The molecule has 1 nitrogen and oxygen atoms in total. The summed E-state index contributed by atoms with van der Waals surface area (Å²) < 4.78 is 12.3. The zero-order valence-electron chi connectivity index (χ0n) is 5.93. The molecular weight excluding hydrogens is 165 g/mol. The van der Waals surface area contributed by atoms with Crippen molar-refractivity contribution in [2.45, 2.75) is 12.7 Å². The number of hydrogen-bond acceptors (Lipinski definition) is 1. The molecule has 0 radical (unpaired) electrons. The van der Waals surface area contributed by atoms with Gasteiger partial charge in [0.25, 0.3) is 0 Å². The van der Waals surface area contributed by atoms with E-state index in [1.807, 2.05) is 0 Å². The Kier molecular flexibility index (Phi) is 2.85. The van der Waals surface area contributed by atoms with Gasteiger partial charge in [0.2, 0.25) is 0 Å². The molecule has 11 heavy (non-hydrogen) atoms. The summed E-state index contributed by atoms with van der Waals surface area (Å²) in [6.07, 6.45) is -1.07. The Hall–Kier alpha value is -0.600. The monoisotopic (exact) mass is 173 g/mol. The summed E-state index contributed by atoms with van der Waals surface area (Å²) in [5.74, 6) is 0. The fourth-order valence-electron chi connectivity index (χ4n) is 0.889. The molecule has 0 aliphatic rings. The Balaban J connectivity index is 2.71. The van der Waals surface area contributed by atoms with Gasteiger partial charge in [-0.1, -0.05) is 23.7 Å². The third-order valence-corrected chi connectivity index (χ3v) is 1.55. The first kappa shape index (κ1) is 8.50. The van der Waals surface area contributed by atoms with E-state index in [1.165, 1.54) is 0 Å². The lowest BCUT2D eigenvalue weighted by Gasteiger charge is -2.01. The van der Waals surface area contributed by atoms with Crippen LogP contribution in [-0.2, 0) is 6.42 Å². The molecule has 0 aliphatic heterocycles. The largest absolute Gasteiger partial charge is 0.301 e. The third kappa shape index (κ3) is 2.87. The maximum atomic E-state index is 12.3. The molecule has 2 N–H and O–H groups in total. The zero-order chi connectivity index (χ0) is 8.27. The minimum atomic E-state index is -1.30. The summed E-state index contributed by atoms with van der Waals surface area (Å²) in [5, 5.41) is 0.614. The summed E-state index contributed by atoms with van der Waals surface area (Å²) in [5.41, 5.74) is 5.79. The second kappa shape index (κ2) is 3.69. The first-order valence-electron chi connectivity index (χ1n) is 3.32.